The number of amides is 1. The number of likely N-dealkylation sites (tertiary alicyclic amines) is 1. The molecule has 1 saturated heterocycles. The molecule has 1 aliphatic heterocycles. The van der Waals surface area contributed by atoms with Crippen molar-refractivity contribution in [2.24, 2.45) is 0 Å². The van der Waals surface area contributed by atoms with Crippen LogP contribution in [0, 0.1) is 0 Å². The second kappa shape index (κ2) is 9.39. The average Bonchev–Trinajstić information content (AvgIpc) is 3.62. The van der Waals surface area contributed by atoms with Crippen molar-refractivity contribution in [2.75, 3.05) is 13.1 Å². The summed E-state index contributed by atoms with van der Waals surface area (Å²) in [7, 11) is 0. The molecule has 0 aromatic carbocycles. The fourth-order valence-electron chi connectivity index (χ4n) is 4.73. The molecule has 0 N–H and O–H groups in total. The van der Waals surface area contributed by atoms with E-state index in [2.05, 4.69) is 31.3 Å². The molecule has 0 radical (unpaired) electrons. The van der Waals surface area contributed by atoms with Gasteiger partial charge in [0.15, 0.2) is 5.65 Å². The monoisotopic (exact) mass is 533 g/mol. The molecule has 0 spiro atoms. The lowest BCUT2D eigenvalue weighted by molar-refractivity contribution is 0.0185. The van der Waals surface area contributed by atoms with Crippen LogP contribution in [-0.2, 0) is 11.3 Å². The van der Waals surface area contributed by atoms with Crippen molar-refractivity contribution in [2.45, 2.75) is 51.8 Å². The maximum Gasteiger partial charge on any atom is 0.410 e. The number of fused-ring (bicyclic) bond motifs is 2. The highest BCUT2D eigenvalue weighted by Crippen LogP contribution is 2.28. The number of imidazole rings is 1. The third-order valence-corrected chi connectivity index (χ3v) is 6.83. The fourth-order valence-corrected chi connectivity index (χ4v) is 4.86. The van der Waals surface area contributed by atoms with E-state index in [4.69, 9.17) is 16.3 Å². The van der Waals surface area contributed by atoms with Crippen LogP contribution in [0.2, 0.25) is 5.15 Å². The molecule has 0 unspecified atom stereocenters. The Balaban J connectivity index is 1.19. The highest BCUT2D eigenvalue weighted by molar-refractivity contribution is 6.29. The molecule has 0 atom stereocenters. The number of halogens is 1. The van der Waals surface area contributed by atoms with Gasteiger partial charge >= 0.3 is 6.09 Å². The lowest BCUT2D eigenvalue weighted by Crippen LogP contribution is -2.42. The lowest BCUT2D eigenvalue weighted by Gasteiger charge is -2.33. The Hall–Kier alpha value is -3.99. The number of rotatable bonds is 4. The van der Waals surface area contributed by atoms with Gasteiger partial charge in [-0.1, -0.05) is 11.6 Å². The third-order valence-electron chi connectivity index (χ3n) is 6.63. The van der Waals surface area contributed by atoms with E-state index < -0.39 is 5.60 Å². The van der Waals surface area contributed by atoms with Crippen LogP contribution in [0.3, 0.4) is 0 Å². The summed E-state index contributed by atoms with van der Waals surface area (Å²) in [4.78, 5) is 23.2. The zero-order valence-electron chi connectivity index (χ0n) is 21.5. The van der Waals surface area contributed by atoms with Gasteiger partial charge in [-0.15, -0.1) is 0 Å². The van der Waals surface area contributed by atoms with E-state index in [1.165, 1.54) is 0 Å². The SMILES string of the molecule is CC(C)(C)OC(=O)N1CCC(n2cc(-c3cnc4cnn(Cc5cnc6ccc(Cl)nn56)c4c3)cn2)CC1. The molecular weight excluding hydrogens is 506 g/mol. The largest absolute Gasteiger partial charge is 0.444 e. The Kier molecular flexibility index (Phi) is 6.02. The lowest BCUT2D eigenvalue weighted by atomic mass is 10.1. The van der Waals surface area contributed by atoms with Gasteiger partial charge in [0.1, 0.15) is 16.3 Å². The van der Waals surface area contributed by atoms with Crippen LogP contribution < -0.4 is 0 Å². The number of nitrogens with zero attached hydrogens (tertiary/aromatic N) is 9. The van der Waals surface area contributed by atoms with Crippen molar-refractivity contribution in [1.29, 1.82) is 0 Å². The fraction of sp³-hybridized carbons (Fsp3) is 0.385. The number of piperidine rings is 1. The second-order valence-corrected chi connectivity index (χ2v) is 10.9. The van der Waals surface area contributed by atoms with Gasteiger partial charge in [0, 0.05) is 36.6 Å². The summed E-state index contributed by atoms with van der Waals surface area (Å²) < 4.78 is 11.1. The van der Waals surface area contributed by atoms with Gasteiger partial charge in [0.25, 0.3) is 0 Å². The van der Waals surface area contributed by atoms with E-state index >= 15 is 0 Å². The molecule has 1 fully saturated rings. The van der Waals surface area contributed by atoms with E-state index in [1.807, 2.05) is 54.8 Å². The van der Waals surface area contributed by atoms with Crippen molar-refractivity contribution >= 4 is 34.4 Å². The summed E-state index contributed by atoms with van der Waals surface area (Å²) in [5.74, 6) is 0. The van der Waals surface area contributed by atoms with Crippen LogP contribution >= 0.6 is 11.6 Å². The summed E-state index contributed by atoms with van der Waals surface area (Å²) in [6.45, 7) is 7.41. The average molecular weight is 534 g/mol. The summed E-state index contributed by atoms with van der Waals surface area (Å²) in [5.41, 5.74) is 4.73. The van der Waals surface area contributed by atoms with Crippen molar-refractivity contribution in [3.63, 3.8) is 0 Å². The Labute approximate surface area is 224 Å². The van der Waals surface area contributed by atoms with E-state index in [0.717, 1.165) is 46.3 Å². The Morgan fingerprint density at radius 1 is 1.05 bits per heavy atom. The Bertz CT molecular complexity index is 1620. The first kappa shape index (κ1) is 24.4. The number of ether oxygens (including phenoxy) is 1. The predicted octanol–water partition coefficient (Wildman–Crippen LogP) is 4.61. The topological polar surface area (TPSA) is 108 Å². The summed E-state index contributed by atoms with van der Waals surface area (Å²) in [5, 5.41) is 13.9. The first-order chi connectivity index (χ1) is 18.2. The molecule has 1 amide bonds. The molecule has 0 aliphatic carbocycles. The zero-order valence-corrected chi connectivity index (χ0v) is 22.2. The van der Waals surface area contributed by atoms with Gasteiger partial charge < -0.3 is 9.64 Å². The Morgan fingerprint density at radius 3 is 2.66 bits per heavy atom. The van der Waals surface area contributed by atoms with Gasteiger partial charge in [0.05, 0.1) is 42.4 Å². The summed E-state index contributed by atoms with van der Waals surface area (Å²) in [6.07, 6.45) is 10.7. The van der Waals surface area contributed by atoms with Crippen LogP contribution in [0.5, 0.6) is 0 Å². The summed E-state index contributed by atoms with van der Waals surface area (Å²) in [6, 6.07) is 5.85. The van der Waals surface area contributed by atoms with Crippen molar-refractivity contribution < 1.29 is 9.53 Å². The van der Waals surface area contributed by atoms with Crippen LogP contribution in [0.1, 0.15) is 45.3 Å². The standard InChI is InChI=1S/C26H28ClN9O2/c1-26(2,3)38-25(37)33-8-6-19(7-9-33)34-15-18(12-30-34)17-10-22-21(28-11-17)14-31-35(22)16-20-13-29-24-5-4-23(27)32-36(20)24/h4-5,10-15,19H,6-9,16H2,1-3H3. The Morgan fingerprint density at radius 2 is 1.87 bits per heavy atom. The molecule has 6 rings (SSSR count). The molecule has 5 aromatic heterocycles. The number of hydrogen-bond donors (Lipinski definition) is 0. The number of pyridine rings is 1. The van der Waals surface area contributed by atoms with Crippen LogP contribution in [0.4, 0.5) is 4.79 Å². The third kappa shape index (κ3) is 4.81. The van der Waals surface area contributed by atoms with Crippen LogP contribution in [0.15, 0.2) is 49.2 Å². The quantitative estimate of drug-likeness (QED) is 0.332. The van der Waals surface area contributed by atoms with Gasteiger partial charge in [-0.25, -0.2) is 14.3 Å². The highest BCUT2D eigenvalue weighted by Gasteiger charge is 2.28. The van der Waals surface area contributed by atoms with Gasteiger partial charge in [-0.3, -0.25) is 14.3 Å². The molecule has 5 aromatic rings. The van der Waals surface area contributed by atoms with Gasteiger partial charge in [-0.05, 0) is 51.8 Å². The van der Waals surface area contributed by atoms with Crippen LogP contribution in [0.25, 0.3) is 27.8 Å². The smallest absolute Gasteiger partial charge is 0.410 e. The minimum absolute atomic E-state index is 0.221. The number of aromatic nitrogens is 8. The normalized spacial score (nSPS) is 15.0. The van der Waals surface area contributed by atoms with Crippen LogP contribution in [-0.4, -0.2) is 68.8 Å². The van der Waals surface area contributed by atoms with Gasteiger partial charge in [-0.2, -0.15) is 15.3 Å². The van der Waals surface area contributed by atoms with Crippen molar-refractivity contribution in [3.05, 3.63) is 60.0 Å². The highest BCUT2D eigenvalue weighted by atomic mass is 35.5. The predicted molar refractivity (Wildman–Crippen MR) is 142 cm³/mol. The van der Waals surface area contributed by atoms with Gasteiger partial charge in [0.2, 0.25) is 0 Å². The molecule has 12 heteroatoms. The second-order valence-electron chi connectivity index (χ2n) is 10.5. The minimum Gasteiger partial charge on any atom is -0.444 e. The molecule has 6 heterocycles. The number of carbonyl (C=O) groups is 1. The first-order valence-electron chi connectivity index (χ1n) is 12.6. The van der Waals surface area contributed by atoms with E-state index in [0.29, 0.717) is 24.8 Å². The molecule has 1 aliphatic rings. The zero-order chi connectivity index (χ0) is 26.4. The molecule has 0 bridgehead atoms. The molecule has 0 saturated carbocycles. The first-order valence-corrected chi connectivity index (χ1v) is 12.9. The maximum absolute atomic E-state index is 12.4. The van der Waals surface area contributed by atoms with E-state index in [1.54, 1.807) is 27.9 Å². The van der Waals surface area contributed by atoms with E-state index in [9.17, 15) is 4.79 Å². The molecule has 196 valence electrons. The molecular formula is C26H28ClN9O2. The molecule has 11 nitrogen and oxygen atoms in total. The molecule has 38 heavy (non-hydrogen) atoms. The van der Waals surface area contributed by atoms with Crippen molar-refractivity contribution in [1.82, 2.24) is 44.0 Å². The minimum atomic E-state index is -0.493. The number of hydrogen-bond acceptors (Lipinski definition) is 7. The van der Waals surface area contributed by atoms with Crippen molar-refractivity contribution in [3.8, 4) is 11.1 Å². The maximum atomic E-state index is 12.4. The number of carbonyl (C=O) groups excluding carboxylic acids is 1. The summed E-state index contributed by atoms with van der Waals surface area (Å²) >= 11 is 6.09. The van der Waals surface area contributed by atoms with E-state index in [-0.39, 0.29) is 12.1 Å².